The molecule has 0 atom stereocenters. The fourth-order valence-corrected chi connectivity index (χ4v) is 2.02. The Kier molecular flexibility index (Phi) is 5.69. The summed E-state index contributed by atoms with van der Waals surface area (Å²) in [5, 5.41) is 3.29. The van der Waals surface area contributed by atoms with E-state index in [1.807, 2.05) is 13.8 Å². The van der Waals surface area contributed by atoms with Gasteiger partial charge in [0, 0.05) is 18.0 Å². The van der Waals surface area contributed by atoms with Gasteiger partial charge in [-0.1, -0.05) is 12.1 Å². The lowest BCUT2D eigenvalue weighted by Crippen LogP contribution is -2.36. The summed E-state index contributed by atoms with van der Waals surface area (Å²) in [5.41, 5.74) is 0.724. The number of ether oxygens (including phenoxy) is 1. The normalized spacial score (nSPS) is 11.3. The summed E-state index contributed by atoms with van der Waals surface area (Å²) in [6.45, 7) is 5.12. The summed E-state index contributed by atoms with van der Waals surface area (Å²) in [4.78, 5) is 12.8. The van der Waals surface area contributed by atoms with Gasteiger partial charge in [-0.15, -0.1) is 11.8 Å². The van der Waals surface area contributed by atoms with Crippen molar-refractivity contribution < 1.29 is 9.53 Å². The van der Waals surface area contributed by atoms with Crippen molar-refractivity contribution in [3.8, 4) is 0 Å². The highest BCUT2D eigenvalue weighted by Crippen LogP contribution is 2.17. The summed E-state index contributed by atoms with van der Waals surface area (Å²) in [6.07, 6.45) is 2.06. The molecule has 100 valence electrons. The van der Waals surface area contributed by atoms with Crippen LogP contribution in [0.3, 0.4) is 0 Å². The standard InChI is InChI=1S/C14H21NO2S/c1-14(2,13(16)17-3)10-15-9-11-5-7-12(18-4)8-6-11/h5-8,15H,9-10H2,1-4H3. The molecule has 0 unspecified atom stereocenters. The number of carbonyl (C=O) groups excluding carboxylic acids is 1. The Labute approximate surface area is 113 Å². The number of nitrogens with one attached hydrogen (secondary N) is 1. The molecule has 0 heterocycles. The van der Waals surface area contributed by atoms with Crippen LogP contribution in [0.15, 0.2) is 29.2 Å². The van der Waals surface area contributed by atoms with Crippen molar-refractivity contribution in [3.05, 3.63) is 29.8 Å². The molecule has 1 aromatic carbocycles. The lowest BCUT2D eigenvalue weighted by molar-refractivity contribution is -0.150. The molecule has 0 aliphatic heterocycles. The zero-order valence-corrected chi connectivity index (χ0v) is 12.3. The molecule has 0 spiro atoms. The van der Waals surface area contributed by atoms with Crippen molar-refractivity contribution in [2.45, 2.75) is 25.3 Å². The third kappa shape index (κ3) is 4.35. The maximum atomic E-state index is 11.5. The van der Waals surface area contributed by atoms with Crippen LogP contribution in [0.4, 0.5) is 0 Å². The first kappa shape index (κ1) is 15.1. The molecule has 0 radical (unpaired) electrons. The number of thioether (sulfide) groups is 1. The van der Waals surface area contributed by atoms with Gasteiger partial charge < -0.3 is 10.1 Å². The fraction of sp³-hybridized carbons (Fsp3) is 0.500. The minimum Gasteiger partial charge on any atom is -0.469 e. The quantitative estimate of drug-likeness (QED) is 0.635. The number of carbonyl (C=O) groups is 1. The number of hydrogen-bond donors (Lipinski definition) is 1. The lowest BCUT2D eigenvalue weighted by atomic mass is 9.94. The van der Waals surface area contributed by atoms with Crippen molar-refractivity contribution in [1.82, 2.24) is 5.32 Å². The number of rotatable bonds is 6. The summed E-state index contributed by atoms with van der Waals surface area (Å²) in [7, 11) is 1.42. The van der Waals surface area contributed by atoms with Crippen molar-refractivity contribution in [1.29, 1.82) is 0 Å². The van der Waals surface area contributed by atoms with Crippen LogP contribution in [0.25, 0.3) is 0 Å². The zero-order valence-electron chi connectivity index (χ0n) is 11.4. The van der Waals surface area contributed by atoms with E-state index in [9.17, 15) is 4.79 Å². The molecule has 4 heteroatoms. The van der Waals surface area contributed by atoms with Gasteiger partial charge in [-0.2, -0.15) is 0 Å². The molecule has 18 heavy (non-hydrogen) atoms. The first-order valence-corrected chi connectivity index (χ1v) is 7.14. The van der Waals surface area contributed by atoms with Gasteiger partial charge in [0.2, 0.25) is 0 Å². The van der Waals surface area contributed by atoms with Crippen LogP contribution in [0.5, 0.6) is 0 Å². The molecular formula is C14H21NO2S. The van der Waals surface area contributed by atoms with Crippen LogP contribution in [-0.4, -0.2) is 25.9 Å². The van der Waals surface area contributed by atoms with Crippen LogP contribution in [0, 0.1) is 5.41 Å². The third-order valence-corrected chi connectivity index (χ3v) is 3.54. The van der Waals surface area contributed by atoms with E-state index in [1.54, 1.807) is 11.8 Å². The first-order chi connectivity index (χ1) is 8.49. The Balaban J connectivity index is 2.43. The summed E-state index contributed by atoms with van der Waals surface area (Å²) in [5.74, 6) is -0.187. The molecule has 0 aliphatic carbocycles. The average Bonchev–Trinajstić information content (AvgIpc) is 2.38. The topological polar surface area (TPSA) is 38.3 Å². The van der Waals surface area contributed by atoms with Gasteiger partial charge in [0.05, 0.1) is 12.5 Å². The average molecular weight is 267 g/mol. The minimum absolute atomic E-state index is 0.187. The number of methoxy groups -OCH3 is 1. The lowest BCUT2D eigenvalue weighted by Gasteiger charge is -2.21. The molecule has 0 aliphatic rings. The highest BCUT2D eigenvalue weighted by Gasteiger charge is 2.27. The number of esters is 1. The van der Waals surface area contributed by atoms with Crippen LogP contribution in [0.1, 0.15) is 19.4 Å². The van der Waals surface area contributed by atoms with Crippen molar-refractivity contribution >= 4 is 17.7 Å². The molecule has 0 fully saturated rings. The van der Waals surface area contributed by atoms with E-state index in [0.29, 0.717) is 6.54 Å². The van der Waals surface area contributed by atoms with Crippen molar-refractivity contribution in [2.75, 3.05) is 19.9 Å². The highest BCUT2D eigenvalue weighted by atomic mass is 32.2. The van der Waals surface area contributed by atoms with E-state index in [0.717, 1.165) is 6.54 Å². The second-order valence-corrected chi connectivity index (χ2v) is 5.71. The van der Waals surface area contributed by atoms with Gasteiger partial charge in [0.15, 0.2) is 0 Å². The Morgan fingerprint density at radius 3 is 2.44 bits per heavy atom. The summed E-state index contributed by atoms with van der Waals surface area (Å²) in [6, 6.07) is 8.41. The van der Waals surface area contributed by atoms with E-state index >= 15 is 0 Å². The smallest absolute Gasteiger partial charge is 0.312 e. The van der Waals surface area contributed by atoms with E-state index < -0.39 is 5.41 Å². The fourth-order valence-electron chi connectivity index (χ4n) is 1.61. The van der Waals surface area contributed by atoms with Crippen molar-refractivity contribution in [2.24, 2.45) is 5.41 Å². The second-order valence-electron chi connectivity index (χ2n) is 4.83. The SMILES string of the molecule is COC(=O)C(C)(C)CNCc1ccc(SC)cc1. The van der Waals surface area contributed by atoms with Crippen LogP contribution < -0.4 is 5.32 Å². The monoisotopic (exact) mass is 267 g/mol. The van der Waals surface area contributed by atoms with Gasteiger partial charge in [-0.3, -0.25) is 4.79 Å². The number of hydrogen-bond acceptors (Lipinski definition) is 4. The van der Waals surface area contributed by atoms with Crippen molar-refractivity contribution in [3.63, 3.8) is 0 Å². The first-order valence-electron chi connectivity index (χ1n) is 5.91. The van der Waals surface area contributed by atoms with E-state index in [2.05, 4.69) is 35.8 Å². The predicted molar refractivity (Wildman–Crippen MR) is 75.7 cm³/mol. The molecule has 0 saturated heterocycles. The molecule has 1 aromatic rings. The van der Waals surface area contributed by atoms with Gasteiger partial charge in [-0.25, -0.2) is 0 Å². The van der Waals surface area contributed by atoms with Crippen LogP contribution >= 0.6 is 11.8 Å². The van der Waals surface area contributed by atoms with Gasteiger partial charge in [0.1, 0.15) is 0 Å². The molecule has 1 rings (SSSR count). The minimum atomic E-state index is -0.492. The Morgan fingerprint density at radius 2 is 1.94 bits per heavy atom. The Morgan fingerprint density at radius 1 is 1.33 bits per heavy atom. The molecule has 3 nitrogen and oxygen atoms in total. The van der Waals surface area contributed by atoms with E-state index in [1.165, 1.54) is 17.6 Å². The molecule has 0 saturated carbocycles. The predicted octanol–water partition coefficient (Wildman–Crippen LogP) is 2.70. The third-order valence-electron chi connectivity index (χ3n) is 2.79. The Hall–Kier alpha value is -1.00. The molecule has 0 bridgehead atoms. The maximum Gasteiger partial charge on any atom is 0.312 e. The molecular weight excluding hydrogens is 246 g/mol. The van der Waals surface area contributed by atoms with Gasteiger partial charge in [0.25, 0.3) is 0 Å². The number of benzene rings is 1. The summed E-state index contributed by atoms with van der Waals surface area (Å²) >= 11 is 1.73. The highest BCUT2D eigenvalue weighted by molar-refractivity contribution is 7.98. The maximum absolute atomic E-state index is 11.5. The molecule has 0 amide bonds. The van der Waals surface area contributed by atoms with Gasteiger partial charge in [-0.05, 0) is 37.8 Å². The van der Waals surface area contributed by atoms with E-state index in [-0.39, 0.29) is 5.97 Å². The van der Waals surface area contributed by atoms with E-state index in [4.69, 9.17) is 4.74 Å². The zero-order chi connectivity index (χ0) is 13.6. The van der Waals surface area contributed by atoms with Crippen LogP contribution in [0.2, 0.25) is 0 Å². The van der Waals surface area contributed by atoms with Gasteiger partial charge >= 0.3 is 5.97 Å². The molecule has 1 N–H and O–H groups in total. The second kappa shape index (κ2) is 6.81. The molecule has 0 aromatic heterocycles. The van der Waals surface area contributed by atoms with Crippen LogP contribution in [-0.2, 0) is 16.1 Å². The Bertz CT molecular complexity index is 387. The summed E-state index contributed by atoms with van der Waals surface area (Å²) < 4.78 is 4.77. The largest absolute Gasteiger partial charge is 0.469 e.